The first kappa shape index (κ1) is 15.2. The molecular formula is C12H14ClFN2O3. The second-order valence-corrected chi connectivity index (χ2v) is 3.90. The molecule has 0 fully saturated rings. The van der Waals surface area contributed by atoms with Gasteiger partial charge in [0.25, 0.3) is 5.91 Å². The lowest BCUT2D eigenvalue weighted by atomic mass is 10.2. The van der Waals surface area contributed by atoms with Crippen LogP contribution in [0.15, 0.2) is 24.3 Å². The Morgan fingerprint density at radius 3 is 2.68 bits per heavy atom. The lowest BCUT2D eigenvalue weighted by Crippen LogP contribution is -2.35. The zero-order chi connectivity index (χ0) is 14.1. The van der Waals surface area contributed by atoms with Gasteiger partial charge in [0.2, 0.25) is 0 Å². The summed E-state index contributed by atoms with van der Waals surface area (Å²) in [5, 5.41) is 4.96. The molecule has 7 heteroatoms. The summed E-state index contributed by atoms with van der Waals surface area (Å²) >= 11 is 5.34. The Morgan fingerprint density at radius 2 is 2.00 bits per heavy atom. The third kappa shape index (κ3) is 6.05. The lowest BCUT2D eigenvalue weighted by molar-refractivity contribution is 0.0952. The van der Waals surface area contributed by atoms with E-state index in [9.17, 15) is 14.0 Å². The number of benzene rings is 1. The van der Waals surface area contributed by atoms with Gasteiger partial charge in [0, 0.05) is 18.7 Å². The predicted octanol–water partition coefficient (Wildman–Crippen LogP) is 1.52. The van der Waals surface area contributed by atoms with Gasteiger partial charge in [0.05, 0.1) is 5.88 Å². The Hall–Kier alpha value is -1.82. The molecule has 1 rings (SSSR count). The SMILES string of the molecule is O=C(NCCNC(=O)c1cccc(F)c1)OCCCl. The van der Waals surface area contributed by atoms with Gasteiger partial charge in [-0.05, 0) is 18.2 Å². The van der Waals surface area contributed by atoms with Gasteiger partial charge in [-0.3, -0.25) is 4.79 Å². The number of hydrogen-bond acceptors (Lipinski definition) is 3. The van der Waals surface area contributed by atoms with E-state index in [0.29, 0.717) is 0 Å². The zero-order valence-electron chi connectivity index (χ0n) is 10.1. The molecule has 0 saturated carbocycles. The summed E-state index contributed by atoms with van der Waals surface area (Å²) in [5.41, 5.74) is 0.227. The van der Waals surface area contributed by atoms with Crippen molar-refractivity contribution >= 4 is 23.6 Å². The van der Waals surface area contributed by atoms with Crippen LogP contribution in [0.4, 0.5) is 9.18 Å². The summed E-state index contributed by atoms with van der Waals surface area (Å²) in [4.78, 5) is 22.6. The van der Waals surface area contributed by atoms with Crippen LogP contribution in [-0.2, 0) is 4.74 Å². The van der Waals surface area contributed by atoms with Crippen molar-refractivity contribution in [1.29, 1.82) is 0 Å². The quantitative estimate of drug-likeness (QED) is 0.616. The van der Waals surface area contributed by atoms with Gasteiger partial charge < -0.3 is 15.4 Å². The van der Waals surface area contributed by atoms with E-state index >= 15 is 0 Å². The van der Waals surface area contributed by atoms with E-state index in [4.69, 9.17) is 11.6 Å². The normalized spacial score (nSPS) is 9.79. The van der Waals surface area contributed by atoms with Crippen LogP contribution in [0.5, 0.6) is 0 Å². The van der Waals surface area contributed by atoms with E-state index < -0.39 is 17.8 Å². The fraction of sp³-hybridized carbons (Fsp3) is 0.333. The first-order valence-electron chi connectivity index (χ1n) is 5.64. The highest BCUT2D eigenvalue weighted by Crippen LogP contribution is 2.02. The fourth-order valence-electron chi connectivity index (χ4n) is 1.25. The van der Waals surface area contributed by atoms with E-state index in [0.717, 1.165) is 6.07 Å². The lowest BCUT2D eigenvalue weighted by Gasteiger charge is -2.07. The Morgan fingerprint density at radius 1 is 1.26 bits per heavy atom. The molecule has 0 spiro atoms. The number of carbonyl (C=O) groups excluding carboxylic acids is 2. The van der Waals surface area contributed by atoms with Gasteiger partial charge in [0.15, 0.2) is 0 Å². The van der Waals surface area contributed by atoms with Gasteiger partial charge in [0.1, 0.15) is 12.4 Å². The molecule has 2 amide bonds. The molecule has 5 nitrogen and oxygen atoms in total. The fourth-order valence-corrected chi connectivity index (χ4v) is 1.33. The number of hydrogen-bond donors (Lipinski definition) is 2. The first-order valence-corrected chi connectivity index (χ1v) is 6.17. The van der Waals surface area contributed by atoms with Gasteiger partial charge >= 0.3 is 6.09 Å². The van der Waals surface area contributed by atoms with Crippen molar-refractivity contribution in [2.24, 2.45) is 0 Å². The number of carbonyl (C=O) groups is 2. The smallest absolute Gasteiger partial charge is 0.407 e. The van der Waals surface area contributed by atoms with Gasteiger partial charge in [-0.25, -0.2) is 9.18 Å². The largest absolute Gasteiger partial charge is 0.448 e. The average molecular weight is 289 g/mol. The molecule has 0 aliphatic heterocycles. The van der Waals surface area contributed by atoms with Crippen LogP contribution in [0, 0.1) is 5.82 Å². The van der Waals surface area contributed by atoms with Crippen molar-refractivity contribution in [2.45, 2.75) is 0 Å². The molecule has 0 bridgehead atoms. The number of halogens is 2. The molecule has 0 radical (unpaired) electrons. The molecular weight excluding hydrogens is 275 g/mol. The summed E-state index contributed by atoms with van der Waals surface area (Å²) in [6.45, 7) is 0.552. The molecule has 1 aromatic carbocycles. The Labute approximate surface area is 115 Å². The zero-order valence-corrected chi connectivity index (χ0v) is 10.9. The van der Waals surface area contributed by atoms with E-state index in [1.807, 2.05) is 0 Å². The summed E-state index contributed by atoms with van der Waals surface area (Å²) in [7, 11) is 0. The van der Waals surface area contributed by atoms with Crippen molar-refractivity contribution in [2.75, 3.05) is 25.6 Å². The number of ether oxygens (including phenoxy) is 1. The molecule has 104 valence electrons. The predicted molar refractivity (Wildman–Crippen MR) is 68.8 cm³/mol. The number of nitrogens with one attached hydrogen (secondary N) is 2. The summed E-state index contributed by atoms with van der Waals surface area (Å²) in [6, 6.07) is 5.34. The van der Waals surface area contributed by atoms with Crippen LogP contribution >= 0.6 is 11.6 Å². The number of amides is 2. The van der Waals surface area contributed by atoms with Crippen LogP contribution in [0.1, 0.15) is 10.4 Å². The maximum atomic E-state index is 12.9. The number of rotatable bonds is 6. The monoisotopic (exact) mass is 288 g/mol. The van der Waals surface area contributed by atoms with Gasteiger partial charge in [-0.2, -0.15) is 0 Å². The molecule has 0 heterocycles. The molecule has 0 aliphatic carbocycles. The minimum absolute atomic E-state index is 0.128. The molecule has 0 aliphatic rings. The Kier molecular flexibility index (Phi) is 6.67. The molecule has 2 N–H and O–H groups in total. The maximum Gasteiger partial charge on any atom is 0.407 e. The molecule has 1 aromatic rings. The van der Waals surface area contributed by atoms with Crippen molar-refractivity contribution in [3.8, 4) is 0 Å². The van der Waals surface area contributed by atoms with Crippen LogP contribution in [0.25, 0.3) is 0 Å². The topological polar surface area (TPSA) is 67.4 Å². The van der Waals surface area contributed by atoms with E-state index in [1.165, 1.54) is 18.2 Å². The molecule has 19 heavy (non-hydrogen) atoms. The number of alkyl halides is 1. The van der Waals surface area contributed by atoms with Crippen molar-refractivity contribution in [1.82, 2.24) is 10.6 Å². The third-order valence-electron chi connectivity index (χ3n) is 2.08. The highest BCUT2D eigenvalue weighted by Gasteiger charge is 2.06. The van der Waals surface area contributed by atoms with E-state index in [-0.39, 0.29) is 31.1 Å². The second-order valence-electron chi connectivity index (χ2n) is 3.52. The standard InChI is InChI=1S/C12H14ClFN2O3/c13-4-7-19-12(18)16-6-5-15-11(17)9-2-1-3-10(14)8-9/h1-3,8H,4-7H2,(H,15,17)(H,16,18). The van der Waals surface area contributed by atoms with Crippen LogP contribution in [0.3, 0.4) is 0 Å². The van der Waals surface area contributed by atoms with Gasteiger partial charge in [-0.1, -0.05) is 6.07 Å². The minimum atomic E-state index is -0.597. The van der Waals surface area contributed by atoms with Crippen LogP contribution in [-0.4, -0.2) is 37.6 Å². The van der Waals surface area contributed by atoms with Crippen LogP contribution in [0.2, 0.25) is 0 Å². The second kappa shape index (κ2) is 8.31. The summed E-state index contributed by atoms with van der Waals surface area (Å²) in [6.07, 6.45) is -0.597. The maximum absolute atomic E-state index is 12.9. The molecule has 0 unspecified atom stereocenters. The Bertz CT molecular complexity index is 443. The van der Waals surface area contributed by atoms with Crippen molar-refractivity contribution in [3.63, 3.8) is 0 Å². The van der Waals surface area contributed by atoms with E-state index in [2.05, 4.69) is 15.4 Å². The summed E-state index contributed by atoms with van der Waals surface area (Å²) < 4.78 is 17.5. The Balaban J connectivity index is 2.22. The average Bonchev–Trinajstić information content (AvgIpc) is 2.41. The number of alkyl carbamates (subject to hydrolysis) is 1. The van der Waals surface area contributed by atoms with E-state index in [1.54, 1.807) is 0 Å². The highest BCUT2D eigenvalue weighted by atomic mass is 35.5. The minimum Gasteiger partial charge on any atom is -0.448 e. The highest BCUT2D eigenvalue weighted by molar-refractivity contribution is 6.18. The van der Waals surface area contributed by atoms with Crippen LogP contribution < -0.4 is 10.6 Å². The van der Waals surface area contributed by atoms with Crippen molar-refractivity contribution < 1.29 is 18.7 Å². The molecule has 0 aromatic heterocycles. The first-order chi connectivity index (χ1) is 9.13. The molecule has 0 saturated heterocycles. The summed E-state index contributed by atoms with van der Waals surface area (Å²) in [5.74, 6) is -0.658. The van der Waals surface area contributed by atoms with Gasteiger partial charge in [-0.15, -0.1) is 11.6 Å². The van der Waals surface area contributed by atoms with Crippen molar-refractivity contribution in [3.05, 3.63) is 35.6 Å². The third-order valence-corrected chi connectivity index (χ3v) is 2.23. The molecule has 0 atom stereocenters.